The molecule has 1 aromatic heterocycles. The number of amides is 3. The van der Waals surface area contributed by atoms with Crippen LogP contribution in [0.3, 0.4) is 0 Å². The van der Waals surface area contributed by atoms with Gasteiger partial charge in [0, 0.05) is 58.8 Å². The summed E-state index contributed by atoms with van der Waals surface area (Å²) in [6.07, 6.45) is 2.69. The van der Waals surface area contributed by atoms with Crippen LogP contribution in [0.2, 0.25) is 0 Å². The number of imide groups is 1. The van der Waals surface area contributed by atoms with Crippen molar-refractivity contribution in [1.82, 2.24) is 19.7 Å². The van der Waals surface area contributed by atoms with E-state index in [-0.39, 0.29) is 42.3 Å². The van der Waals surface area contributed by atoms with Crippen molar-refractivity contribution in [2.45, 2.75) is 44.7 Å². The monoisotopic (exact) mass is 625 g/mol. The molecule has 3 heterocycles. The molecule has 0 N–H and O–H groups in total. The molecule has 3 aromatic rings. The fourth-order valence-electron chi connectivity index (χ4n) is 6.48. The van der Waals surface area contributed by atoms with Crippen LogP contribution in [0, 0.1) is 5.82 Å². The molecule has 2 aromatic carbocycles. The average molecular weight is 626 g/mol. The van der Waals surface area contributed by atoms with Crippen LogP contribution in [0.1, 0.15) is 67.2 Å². The fraction of sp³-hybridized carbons (Fsp3) is 0.371. The number of fused-ring (bicyclic) bond motifs is 1. The minimum absolute atomic E-state index is 0.139. The zero-order valence-corrected chi connectivity index (χ0v) is 26.0. The highest BCUT2D eigenvalue weighted by Gasteiger charge is 2.45. The fourth-order valence-corrected chi connectivity index (χ4v) is 6.48. The van der Waals surface area contributed by atoms with E-state index in [0.717, 1.165) is 42.3 Å². The van der Waals surface area contributed by atoms with Crippen LogP contribution < -0.4 is 4.90 Å². The van der Waals surface area contributed by atoms with Gasteiger partial charge >= 0.3 is 0 Å². The molecular formula is C35H36FN5O5. The number of piperazine rings is 1. The third-order valence-corrected chi connectivity index (χ3v) is 9.09. The Labute approximate surface area is 266 Å². The summed E-state index contributed by atoms with van der Waals surface area (Å²) in [7, 11) is 3.39. The van der Waals surface area contributed by atoms with Crippen LogP contribution in [-0.4, -0.2) is 95.3 Å². The van der Waals surface area contributed by atoms with E-state index in [4.69, 9.17) is 0 Å². The summed E-state index contributed by atoms with van der Waals surface area (Å²) in [6.45, 7) is 3.51. The number of Topliss-reactive ketones (excluding diaryl/α,β-unsaturated/α-hetero) is 2. The standard InChI is InChI=1S/C35H36FN5O5/c1-38(2)34(45)29-12-10-25(20-37-29)40-16-14-39(15-17-40)21-24-9-7-22(18-28(24)36)6-8-23-4-3-5-27-32(23)35(46)41(33(27)44)30-13-11-26(42)19-31(30)43/h3-5,7,9-10,12,18,20,30H,6,8,11,13-17,19,21H2,1-2H3. The molecule has 3 amide bonds. The van der Waals surface area contributed by atoms with E-state index in [0.29, 0.717) is 41.8 Å². The number of hydrogen-bond donors (Lipinski definition) is 0. The highest BCUT2D eigenvalue weighted by molar-refractivity contribution is 6.24. The van der Waals surface area contributed by atoms with Crippen LogP contribution in [-0.2, 0) is 29.0 Å². The number of anilines is 1. The maximum atomic E-state index is 15.2. The summed E-state index contributed by atoms with van der Waals surface area (Å²) < 4.78 is 15.2. The zero-order chi connectivity index (χ0) is 32.5. The van der Waals surface area contributed by atoms with Crippen molar-refractivity contribution < 1.29 is 28.4 Å². The Balaban J connectivity index is 1.05. The minimum atomic E-state index is -0.911. The van der Waals surface area contributed by atoms with Crippen LogP contribution in [0.4, 0.5) is 10.1 Å². The molecular weight excluding hydrogens is 589 g/mol. The first-order valence-electron chi connectivity index (χ1n) is 15.6. The molecule has 11 heteroatoms. The number of rotatable bonds is 8. The number of hydrogen-bond acceptors (Lipinski definition) is 8. The summed E-state index contributed by atoms with van der Waals surface area (Å²) in [6, 6.07) is 13.1. The largest absolute Gasteiger partial charge is 0.368 e. The van der Waals surface area contributed by atoms with Crippen LogP contribution in [0.15, 0.2) is 54.7 Å². The van der Waals surface area contributed by atoms with Gasteiger partial charge in [-0.05, 0) is 54.7 Å². The van der Waals surface area contributed by atoms with E-state index in [1.807, 2.05) is 18.2 Å². The quantitative estimate of drug-likeness (QED) is 0.277. The first-order chi connectivity index (χ1) is 22.1. The third kappa shape index (κ3) is 6.19. The SMILES string of the molecule is CN(C)C(=O)c1ccc(N2CCN(Cc3ccc(CCc4cccc5c4C(=O)N(C4CCC(=O)CC4=O)C5=O)cc3F)CC2)cn1. The lowest BCUT2D eigenvalue weighted by molar-refractivity contribution is -0.132. The molecule has 1 saturated carbocycles. The highest BCUT2D eigenvalue weighted by atomic mass is 19.1. The van der Waals surface area contributed by atoms with Crippen LogP contribution >= 0.6 is 0 Å². The molecule has 1 saturated heterocycles. The third-order valence-electron chi connectivity index (χ3n) is 9.09. The predicted molar refractivity (Wildman–Crippen MR) is 168 cm³/mol. The second-order valence-electron chi connectivity index (χ2n) is 12.3. The van der Waals surface area contributed by atoms with Gasteiger partial charge in [0.2, 0.25) is 0 Å². The van der Waals surface area contributed by atoms with Gasteiger partial charge in [-0.3, -0.25) is 33.8 Å². The van der Waals surface area contributed by atoms with Gasteiger partial charge in [-0.2, -0.15) is 0 Å². The summed E-state index contributed by atoms with van der Waals surface area (Å²) in [5, 5.41) is 0. The summed E-state index contributed by atoms with van der Waals surface area (Å²) in [4.78, 5) is 74.1. The van der Waals surface area contributed by atoms with E-state index in [2.05, 4.69) is 14.8 Å². The van der Waals surface area contributed by atoms with Crippen molar-refractivity contribution in [2.24, 2.45) is 0 Å². The van der Waals surface area contributed by atoms with Gasteiger partial charge in [0.05, 0.1) is 35.5 Å². The molecule has 2 fully saturated rings. The maximum absolute atomic E-state index is 15.2. The van der Waals surface area contributed by atoms with Gasteiger partial charge in [0.1, 0.15) is 17.3 Å². The first-order valence-corrected chi connectivity index (χ1v) is 15.6. The summed E-state index contributed by atoms with van der Waals surface area (Å²) in [5.74, 6) is -2.00. The van der Waals surface area contributed by atoms with Gasteiger partial charge in [0.25, 0.3) is 17.7 Å². The van der Waals surface area contributed by atoms with E-state index in [9.17, 15) is 24.0 Å². The molecule has 46 heavy (non-hydrogen) atoms. The van der Waals surface area contributed by atoms with Crippen LogP contribution in [0.25, 0.3) is 0 Å². The highest BCUT2D eigenvalue weighted by Crippen LogP contribution is 2.32. The van der Waals surface area contributed by atoms with Crippen molar-refractivity contribution in [3.8, 4) is 0 Å². The molecule has 1 atom stereocenters. The Morgan fingerprint density at radius 2 is 1.72 bits per heavy atom. The van der Waals surface area contributed by atoms with Crippen molar-refractivity contribution >= 4 is 35.0 Å². The molecule has 6 rings (SSSR count). The lowest BCUT2D eigenvalue weighted by Gasteiger charge is -2.36. The molecule has 10 nitrogen and oxygen atoms in total. The zero-order valence-electron chi connectivity index (χ0n) is 26.0. The number of aromatic nitrogens is 1. The molecule has 2 aliphatic heterocycles. The lowest BCUT2D eigenvalue weighted by atomic mass is 9.92. The average Bonchev–Trinajstić information content (AvgIpc) is 3.30. The number of carbonyl (C=O) groups excluding carboxylic acids is 5. The van der Waals surface area contributed by atoms with Crippen molar-refractivity contribution in [1.29, 1.82) is 0 Å². The van der Waals surface area contributed by atoms with Crippen molar-refractivity contribution in [3.05, 3.63) is 94.1 Å². The van der Waals surface area contributed by atoms with E-state index in [1.165, 1.54) is 11.0 Å². The topological polar surface area (TPSA) is 111 Å². The lowest BCUT2D eigenvalue weighted by Crippen LogP contribution is -2.47. The van der Waals surface area contributed by atoms with E-state index in [1.54, 1.807) is 44.6 Å². The molecule has 0 bridgehead atoms. The number of pyridine rings is 1. The number of nitrogens with zero attached hydrogens (tertiary/aromatic N) is 5. The van der Waals surface area contributed by atoms with Gasteiger partial charge in [0.15, 0.2) is 5.78 Å². The number of ketones is 2. The molecule has 3 aliphatic rings. The first kappa shape index (κ1) is 31.2. The Morgan fingerprint density at radius 1 is 0.935 bits per heavy atom. The van der Waals surface area contributed by atoms with Gasteiger partial charge < -0.3 is 9.80 Å². The Morgan fingerprint density at radius 3 is 2.39 bits per heavy atom. The second kappa shape index (κ2) is 12.9. The number of carbonyl (C=O) groups is 5. The Hall–Kier alpha value is -4.77. The smallest absolute Gasteiger partial charge is 0.271 e. The van der Waals surface area contributed by atoms with E-state index < -0.39 is 23.6 Å². The van der Waals surface area contributed by atoms with Crippen molar-refractivity contribution in [2.75, 3.05) is 45.2 Å². The molecule has 1 aliphatic carbocycles. The van der Waals surface area contributed by atoms with Crippen LogP contribution in [0.5, 0.6) is 0 Å². The molecule has 0 radical (unpaired) electrons. The summed E-state index contributed by atoms with van der Waals surface area (Å²) in [5.41, 5.74) is 3.98. The van der Waals surface area contributed by atoms with Gasteiger partial charge in [-0.15, -0.1) is 0 Å². The maximum Gasteiger partial charge on any atom is 0.271 e. The number of aryl methyl sites for hydroxylation is 2. The minimum Gasteiger partial charge on any atom is -0.368 e. The van der Waals surface area contributed by atoms with Gasteiger partial charge in [-0.25, -0.2) is 9.37 Å². The molecule has 0 spiro atoms. The van der Waals surface area contributed by atoms with E-state index >= 15 is 4.39 Å². The van der Waals surface area contributed by atoms with Crippen molar-refractivity contribution in [3.63, 3.8) is 0 Å². The number of benzene rings is 2. The Kier molecular flexibility index (Phi) is 8.77. The number of halogens is 1. The normalized spacial score (nSPS) is 18.7. The molecule has 1 unspecified atom stereocenters. The summed E-state index contributed by atoms with van der Waals surface area (Å²) >= 11 is 0. The predicted octanol–water partition coefficient (Wildman–Crippen LogP) is 3.32. The Bertz CT molecular complexity index is 1710. The second-order valence-corrected chi connectivity index (χ2v) is 12.3. The van der Waals surface area contributed by atoms with Gasteiger partial charge in [-0.1, -0.05) is 24.3 Å². The molecule has 238 valence electrons.